The van der Waals surface area contributed by atoms with Crippen molar-refractivity contribution < 1.29 is 4.79 Å². The molecule has 0 aromatic heterocycles. The van der Waals surface area contributed by atoms with Gasteiger partial charge >= 0.3 is 0 Å². The molecule has 4 aliphatic rings. The number of rotatable bonds is 6. The summed E-state index contributed by atoms with van der Waals surface area (Å²) in [6.07, 6.45) is 8.60. The average molecular weight is 292 g/mol. The molecular weight excluding hydrogens is 260 g/mol. The first kappa shape index (κ1) is 15.3. The summed E-state index contributed by atoms with van der Waals surface area (Å²) in [5, 5.41) is 3.30. The van der Waals surface area contributed by atoms with Crippen LogP contribution < -0.4 is 5.32 Å². The number of carbonyl (C=O) groups is 1. The van der Waals surface area contributed by atoms with Crippen molar-refractivity contribution in [2.24, 2.45) is 29.1 Å². The van der Waals surface area contributed by atoms with Crippen molar-refractivity contribution in [3.8, 4) is 0 Å². The van der Waals surface area contributed by atoms with E-state index in [1.54, 1.807) is 0 Å². The van der Waals surface area contributed by atoms with Gasteiger partial charge in [0, 0.05) is 26.1 Å². The van der Waals surface area contributed by atoms with Gasteiger partial charge in [-0.3, -0.25) is 4.79 Å². The molecule has 3 heteroatoms. The second-order valence-electron chi connectivity index (χ2n) is 8.32. The minimum absolute atomic E-state index is 0.101. The quantitative estimate of drug-likeness (QED) is 0.816. The molecule has 1 unspecified atom stereocenters. The molecule has 4 rings (SSSR count). The van der Waals surface area contributed by atoms with Crippen molar-refractivity contribution in [1.29, 1.82) is 0 Å². The van der Waals surface area contributed by atoms with E-state index in [9.17, 15) is 4.79 Å². The highest BCUT2D eigenvalue weighted by atomic mass is 16.2. The third-order valence-corrected chi connectivity index (χ3v) is 6.24. The van der Waals surface area contributed by atoms with Gasteiger partial charge in [-0.25, -0.2) is 0 Å². The highest BCUT2D eigenvalue weighted by molar-refractivity contribution is 5.78. The summed E-state index contributed by atoms with van der Waals surface area (Å²) in [4.78, 5) is 14.6. The maximum atomic E-state index is 12.6. The number of nitrogens with one attached hydrogen (secondary N) is 1. The summed E-state index contributed by atoms with van der Waals surface area (Å²) < 4.78 is 0. The first-order valence-electron chi connectivity index (χ1n) is 8.97. The summed E-state index contributed by atoms with van der Waals surface area (Å²) in [6, 6.07) is 0. The zero-order valence-corrected chi connectivity index (χ0v) is 14.0. The smallest absolute Gasteiger partial charge is 0.226 e. The molecule has 120 valence electrons. The van der Waals surface area contributed by atoms with E-state index < -0.39 is 0 Å². The van der Waals surface area contributed by atoms with Crippen molar-refractivity contribution in [2.45, 2.75) is 52.4 Å². The summed E-state index contributed by atoms with van der Waals surface area (Å²) in [7, 11) is 2.03. The zero-order valence-electron chi connectivity index (χ0n) is 14.0. The Balaban J connectivity index is 1.59. The minimum Gasteiger partial charge on any atom is -0.345 e. The third-order valence-electron chi connectivity index (χ3n) is 6.24. The average Bonchev–Trinajstić information content (AvgIpc) is 2.41. The molecule has 4 fully saturated rings. The molecule has 0 aromatic carbocycles. The van der Waals surface area contributed by atoms with E-state index in [4.69, 9.17) is 0 Å². The fraction of sp³-hybridized carbons (Fsp3) is 0.944. The summed E-state index contributed by atoms with van der Waals surface area (Å²) in [6.45, 7) is 6.90. The van der Waals surface area contributed by atoms with E-state index in [1.165, 1.54) is 38.5 Å². The Morgan fingerprint density at radius 2 is 1.71 bits per heavy atom. The van der Waals surface area contributed by atoms with Crippen molar-refractivity contribution in [3.05, 3.63) is 0 Å². The molecule has 21 heavy (non-hydrogen) atoms. The number of carbonyl (C=O) groups excluding carboxylic acids is 1. The highest BCUT2D eigenvalue weighted by Crippen LogP contribution is 2.60. The lowest BCUT2D eigenvalue weighted by atomic mass is 9.49. The Kier molecular flexibility index (Phi) is 4.31. The predicted molar refractivity (Wildman–Crippen MR) is 85.9 cm³/mol. The molecule has 0 spiro atoms. The highest BCUT2D eigenvalue weighted by Gasteiger charge is 2.51. The van der Waals surface area contributed by atoms with Crippen molar-refractivity contribution in [1.82, 2.24) is 10.2 Å². The van der Waals surface area contributed by atoms with Gasteiger partial charge < -0.3 is 10.2 Å². The van der Waals surface area contributed by atoms with Crippen LogP contribution in [0.3, 0.4) is 0 Å². The lowest BCUT2D eigenvalue weighted by Crippen LogP contribution is -2.52. The fourth-order valence-electron chi connectivity index (χ4n) is 5.89. The molecule has 1 atom stereocenters. The number of amides is 1. The van der Waals surface area contributed by atoms with Crippen LogP contribution in [0.25, 0.3) is 0 Å². The van der Waals surface area contributed by atoms with Gasteiger partial charge in [0.25, 0.3) is 0 Å². The Morgan fingerprint density at radius 1 is 1.19 bits per heavy atom. The summed E-state index contributed by atoms with van der Waals surface area (Å²) in [5.74, 6) is 3.34. The molecule has 4 bridgehead atoms. The van der Waals surface area contributed by atoms with Gasteiger partial charge in [0.1, 0.15) is 0 Å². The Labute approximate surface area is 129 Å². The Bertz CT molecular complexity index is 357. The Morgan fingerprint density at radius 3 is 2.19 bits per heavy atom. The molecule has 0 saturated heterocycles. The molecule has 4 saturated carbocycles. The van der Waals surface area contributed by atoms with Gasteiger partial charge in [0.15, 0.2) is 0 Å². The van der Waals surface area contributed by atoms with E-state index in [-0.39, 0.29) is 5.92 Å². The van der Waals surface area contributed by atoms with Crippen molar-refractivity contribution in [2.75, 3.05) is 26.7 Å². The first-order chi connectivity index (χ1) is 10.0. The van der Waals surface area contributed by atoms with Crippen LogP contribution in [0.4, 0.5) is 0 Å². The third kappa shape index (κ3) is 3.13. The van der Waals surface area contributed by atoms with Gasteiger partial charge in [0.2, 0.25) is 5.91 Å². The first-order valence-corrected chi connectivity index (χ1v) is 8.97. The van der Waals surface area contributed by atoms with Crippen LogP contribution in [0.5, 0.6) is 0 Å². The van der Waals surface area contributed by atoms with Gasteiger partial charge in [0.05, 0.1) is 0 Å². The fourth-order valence-corrected chi connectivity index (χ4v) is 5.89. The molecule has 0 aromatic rings. The molecule has 0 heterocycles. The molecule has 3 nitrogen and oxygen atoms in total. The number of hydrogen-bond acceptors (Lipinski definition) is 2. The molecular formula is C18H32N2O. The van der Waals surface area contributed by atoms with Crippen LogP contribution in [-0.4, -0.2) is 37.5 Å². The van der Waals surface area contributed by atoms with E-state index in [0.717, 1.165) is 37.4 Å². The van der Waals surface area contributed by atoms with Crippen LogP contribution in [0.15, 0.2) is 0 Å². The SMILES string of the molecule is CCNCC(C)C(=O)N(C)CC12CC3CC(CC(C3)C1)C2. The van der Waals surface area contributed by atoms with Gasteiger partial charge in [-0.05, 0) is 68.2 Å². The number of hydrogen-bond donors (Lipinski definition) is 1. The maximum absolute atomic E-state index is 12.6. The maximum Gasteiger partial charge on any atom is 0.226 e. The summed E-state index contributed by atoms with van der Waals surface area (Å²) in [5.41, 5.74) is 0.469. The lowest BCUT2D eigenvalue weighted by Gasteiger charge is -2.57. The van der Waals surface area contributed by atoms with Crippen molar-refractivity contribution in [3.63, 3.8) is 0 Å². The second-order valence-corrected chi connectivity index (χ2v) is 8.32. The number of nitrogens with zero attached hydrogens (tertiary/aromatic N) is 1. The molecule has 1 amide bonds. The van der Waals surface area contributed by atoms with Crippen LogP contribution in [0.1, 0.15) is 52.4 Å². The van der Waals surface area contributed by atoms with Gasteiger partial charge in [-0.15, -0.1) is 0 Å². The monoisotopic (exact) mass is 292 g/mol. The van der Waals surface area contributed by atoms with Crippen LogP contribution in [0, 0.1) is 29.1 Å². The van der Waals surface area contributed by atoms with E-state index in [2.05, 4.69) is 24.1 Å². The van der Waals surface area contributed by atoms with E-state index >= 15 is 0 Å². The summed E-state index contributed by atoms with van der Waals surface area (Å²) >= 11 is 0. The van der Waals surface area contributed by atoms with Crippen LogP contribution in [0.2, 0.25) is 0 Å². The second kappa shape index (κ2) is 5.91. The predicted octanol–water partition coefficient (Wildman–Crippen LogP) is 2.91. The van der Waals surface area contributed by atoms with Gasteiger partial charge in [-0.2, -0.15) is 0 Å². The topological polar surface area (TPSA) is 32.3 Å². The molecule has 4 aliphatic carbocycles. The van der Waals surface area contributed by atoms with E-state index in [0.29, 0.717) is 11.3 Å². The Hall–Kier alpha value is -0.570. The lowest BCUT2D eigenvalue weighted by molar-refractivity contribution is -0.138. The normalized spacial score (nSPS) is 38.5. The van der Waals surface area contributed by atoms with Crippen molar-refractivity contribution >= 4 is 5.91 Å². The molecule has 0 radical (unpaired) electrons. The standard InChI is InChI=1S/C18H32N2O/c1-4-19-11-13(2)17(21)20(3)12-18-8-14-5-15(9-18)7-16(6-14)10-18/h13-16,19H,4-12H2,1-3H3. The minimum atomic E-state index is 0.101. The largest absolute Gasteiger partial charge is 0.345 e. The zero-order chi connectivity index (χ0) is 15.0. The van der Waals surface area contributed by atoms with Gasteiger partial charge in [-0.1, -0.05) is 13.8 Å². The van der Waals surface area contributed by atoms with Crippen LogP contribution >= 0.6 is 0 Å². The van der Waals surface area contributed by atoms with E-state index in [1.807, 2.05) is 7.05 Å². The molecule has 1 N–H and O–H groups in total. The molecule has 0 aliphatic heterocycles. The van der Waals surface area contributed by atoms with Crippen LogP contribution in [-0.2, 0) is 4.79 Å².